The number of hydrogen-bond acceptors (Lipinski definition) is 4. The topological polar surface area (TPSA) is 56.5 Å². The highest BCUT2D eigenvalue weighted by molar-refractivity contribution is 5.67. The summed E-state index contributed by atoms with van der Waals surface area (Å²) >= 11 is 0. The lowest BCUT2D eigenvalue weighted by Crippen LogP contribution is -2.06. The quantitative estimate of drug-likeness (QED) is 0.781. The second-order valence-electron chi connectivity index (χ2n) is 5.04. The highest BCUT2D eigenvalue weighted by atomic mass is 16.5. The molecule has 0 amide bonds. The average Bonchev–Trinajstić information content (AvgIpc) is 2.37. The molecule has 0 aromatic heterocycles. The molecule has 2 aromatic rings. The van der Waals surface area contributed by atoms with E-state index >= 15 is 0 Å². The Morgan fingerprint density at radius 3 is 2.52 bits per heavy atom. The summed E-state index contributed by atoms with van der Waals surface area (Å²) in [5, 5.41) is 3.32. The summed E-state index contributed by atoms with van der Waals surface area (Å²) in [5.74, 6) is 1.60. The number of nitrogen functional groups attached to an aromatic ring is 1. The fraction of sp³-hybridized carbons (Fsp3) is 0.294. The lowest BCUT2D eigenvalue weighted by Gasteiger charge is -2.14. The summed E-state index contributed by atoms with van der Waals surface area (Å²) in [6.45, 7) is 6.59. The van der Waals surface area contributed by atoms with Crippen molar-refractivity contribution in [3.8, 4) is 11.5 Å². The van der Waals surface area contributed by atoms with E-state index in [4.69, 9.17) is 15.2 Å². The van der Waals surface area contributed by atoms with Gasteiger partial charge in [-0.2, -0.15) is 0 Å². The molecule has 0 bridgehead atoms. The van der Waals surface area contributed by atoms with Crippen LogP contribution in [0.15, 0.2) is 42.5 Å². The minimum absolute atomic E-state index is 0.112. The molecule has 0 aliphatic heterocycles. The Morgan fingerprint density at radius 1 is 1.05 bits per heavy atom. The molecule has 4 nitrogen and oxygen atoms in total. The van der Waals surface area contributed by atoms with Crippen LogP contribution in [-0.2, 0) is 0 Å². The van der Waals surface area contributed by atoms with Crippen LogP contribution in [-0.4, -0.2) is 12.7 Å². The van der Waals surface area contributed by atoms with E-state index in [9.17, 15) is 0 Å². The minimum atomic E-state index is 0.112. The van der Waals surface area contributed by atoms with Crippen molar-refractivity contribution in [2.75, 3.05) is 17.7 Å². The van der Waals surface area contributed by atoms with E-state index in [1.165, 1.54) is 0 Å². The molecule has 21 heavy (non-hydrogen) atoms. The van der Waals surface area contributed by atoms with Gasteiger partial charge in [0.25, 0.3) is 0 Å². The Kier molecular flexibility index (Phi) is 4.93. The zero-order valence-corrected chi connectivity index (χ0v) is 12.7. The van der Waals surface area contributed by atoms with E-state index in [0.717, 1.165) is 22.9 Å². The molecular weight excluding hydrogens is 264 g/mol. The lowest BCUT2D eigenvalue weighted by molar-refractivity contribution is 0.242. The van der Waals surface area contributed by atoms with E-state index in [1.54, 1.807) is 0 Å². The minimum Gasteiger partial charge on any atom is -0.494 e. The summed E-state index contributed by atoms with van der Waals surface area (Å²) in [6, 6.07) is 13.4. The number of nitrogens with one attached hydrogen (secondary N) is 1. The molecular formula is C17H22N2O2. The van der Waals surface area contributed by atoms with Crippen LogP contribution in [0.3, 0.4) is 0 Å². The summed E-state index contributed by atoms with van der Waals surface area (Å²) in [7, 11) is 0. The maximum atomic E-state index is 5.92. The molecule has 0 aliphatic rings. The third-order valence-electron chi connectivity index (χ3n) is 2.73. The SMILES string of the molecule is CCOc1cccc(Nc2cc(N)cc(OC(C)C)c2)c1. The zero-order valence-electron chi connectivity index (χ0n) is 12.7. The zero-order chi connectivity index (χ0) is 15.2. The normalized spacial score (nSPS) is 10.5. The molecule has 2 aromatic carbocycles. The van der Waals surface area contributed by atoms with Crippen LogP contribution in [0.2, 0.25) is 0 Å². The summed E-state index contributed by atoms with van der Waals surface area (Å²) in [4.78, 5) is 0. The monoisotopic (exact) mass is 286 g/mol. The van der Waals surface area contributed by atoms with Crippen LogP contribution in [0.4, 0.5) is 17.1 Å². The molecule has 112 valence electrons. The largest absolute Gasteiger partial charge is 0.494 e. The van der Waals surface area contributed by atoms with Gasteiger partial charge >= 0.3 is 0 Å². The predicted molar refractivity (Wildman–Crippen MR) is 87.5 cm³/mol. The van der Waals surface area contributed by atoms with Gasteiger partial charge in [0, 0.05) is 35.3 Å². The third kappa shape index (κ3) is 4.60. The molecule has 0 aliphatic carbocycles. The van der Waals surface area contributed by atoms with Crippen LogP contribution < -0.4 is 20.5 Å². The Balaban J connectivity index is 2.18. The Bertz CT molecular complexity index is 597. The van der Waals surface area contributed by atoms with Gasteiger partial charge in [-0.1, -0.05) is 6.07 Å². The van der Waals surface area contributed by atoms with Gasteiger partial charge in [0.15, 0.2) is 0 Å². The third-order valence-corrected chi connectivity index (χ3v) is 2.73. The predicted octanol–water partition coefficient (Wildman–Crippen LogP) is 4.20. The van der Waals surface area contributed by atoms with Crippen molar-refractivity contribution in [3.05, 3.63) is 42.5 Å². The molecule has 0 fully saturated rings. The van der Waals surface area contributed by atoms with Crippen molar-refractivity contribution >= 4 is 17.1 Å². The first-order valence-corrected chi connectivity index (χ1v) is 7.14. The first-order valence-electron chi connectivity index (χ1n) is 7.14. The van der Waals surface area contributed by atoms with Crippen LogP contribution in [0, 0.1) is 0 Å². The molecule has 0 unspecified atom stereocenters. The van der Waals surface area contributed by atoms with Crippen LogP contribution in [0.1, 0.15) is 20.8 Å². The van der Waals surface area contributed by atoms with Gasteiger partial charge in [-0.25, -0.2) is 0 Å². The number of benzene rings is 2. The fourth-order valence-corrected chi connectivity index (χ4v) is 2.03. The highest BCUT2D eigenvalue weighted by Gasteiger charge is 2.03. The molecule has 0 saturated heterocycles. The molecule has 2 rings (SSSR count). The molecule has 0 heterocycles. The van der Waals surface area contributed by atoms with Crippen LogP contribution in [0.25, 0.3) is 0 Å². The Morgan fingerprint density at radius 2 is 1.81 bits per heavy atom. The first-order chi connectivity index (χ1) is 10.1. The van der Waals surface area contributed by atoms with Crippen LogP contribution in [0.5, 0.6) is 11.5 Å². The van der Waals surface area contributed by atoms with Crippen LogP contribution >= 0.6 is 0 Å². The van der Waals surface area contributed by atoms with Crippen molar-refractivity contribution in [2.24, 2.45) is 0 Å². The average molecular weight is 286 g/mol. The van der Waals surface area contributed by atoms with Crippen molar-refractivity contribution in [2.45, 2.75) is 26.9 Å². The summed E-state index contributed by atoms with van der Waals surface area (Å²) in [5.41, 5.74) is 8.42. The van der Waals surface area contributed by atoms with E-state index < -0.39 is 0 Å². The van der Waals surface area contributed by atoms with Gasteiger partial charge in [0.1, 0.15) is 11.5 Å². The van der Waals surface area contributed by atoms with Gasteiger partial charge in [0.2, 0.25) is 0 Å². The smallest absolute Gasteiger partial charge is 0.123 e. The summed E-state index contributed by atoms with van der Waals surface area (Å²) in [6.07, 6.45) is 0.112. The second kappa shape index (κ2) is 6.88. The molecule has 0 atom stereocenters. The van der Waals surface area contributed by atoms with E-state index in [1.807, 2.05) is 63.2 Å². The maximum Gasteiger partial charge on any atom is 0.123 e. The Labute approximate surface area is 125 Å². The number of anilines is 3. The van der Waals surface area contributed by atoms with Crippen molar-refractivity contribution in [1.82, 2.24) is 0 Å². The number of hydrogen-bond donors (Lipinski definition) is 2. The van der Waals surface area contributed by atoms with Gasteiger partial charge < -0.3 is 20.5 Å². The van der Waals surface area contributed by atoms with E-state index in [-0.39, 0.29) is 6.10 Å². The Hall–Kier alpha value is -2.36. The second-order valence-corrected chi connectivity index (χ2v) is 5.04. The van der Waals surface area contributed by atoms with E-state index in [2.05, 4.69) is 5.32 Å². The van der Waals surface area contributed by atoms with Crippen molar-refractivity contribution in [1.29, 1.82) is 0 Å². The van der Waals surface area contributed by atoms with Gasteiger partial charge in [-0.05, 0) is 39.0 Å². The van der Waals surface area contributed by atoms with Gasteiger partial charge in [-0.3, -0.25) is 0 Å². The van der Waals surface area contributed by atoms with Crippen molar-refractivity contribution < 1.29 is 9.47 Å². The molecule has 0 spiro atoms. The first kappa shape index (κ1) is 15.0. The molecule has 0 saturated carbocycles. The molecule has 3 N–H and O–H groups in total. The standard InChI is InChI=1S/C17H22N2O2/c1-4-20-16-7-5-6-14(10-16)19-15-8-13(18)9-17(11-15)21-12(2)3/h5-12,19H,4,18H2,1-3H3. The molecule has 0 radical (unpaired) electrons. The number of ether oxygens (including phenoxy) is 2. The van der Waals surface area contributed by atoms with Gasteiger partial charge in [0.05, 0.1) is 12.7 Å². The number of rotatable bonds is 6. The van der Waals surface area contributed by atoms with E-state index in [0.29, 0.717) is 12.3 Å². The van der Waals surface area contributed by atoms with Crippen molar-refractivity contribution in [3.63, 3.8) is 0 Å². The highest BCUT2D eigenvalue weighted by Crippen LogP contribution is 2.27. The fourth-order valence-electron chi connectivity index (χ4n) is 2.03. The molecule has 4 heteroatoms. The lowest BCUT2D eigenvalue weighted by atomic mass is 10.2. The summed E-state index contributed by atoms with van der Waals surface area (Å²) < 4.78 is 11.2. The maximum absolute atomic E-state index is 5.92. The van der Waals surface area contributed by atoms with Gasteiger partial charge in [-0.15, -0.1) is 0 Å². The number of nitrogens with two attached hydrogens (primary N) is 1.